The molecule has 34 heteroatoms. The second kappa shape index (κ2) is 39.3. The van der Waals surface area contributed by atoms with Crippen LogP contribution in [0.4, 0.5) is 36.2 Å². The van der Waals surface area contributed by atoms with Crippen LogP contribution < -0.4 is 36.6 Å². The van der Waals surface area contributed by atoms with Crippen molar-refractivity contribution in [2.24, 2.45) is 17.6 Å². The second-order valence-corrected chi connectivity index (χ2v) is 24.7. The Bertz CT molecular complexity index is 3960. The van der Waals surface area contributed by atoms with Gasteiger partial charge in [0.15, 0.2) is 11.5 Å². The van der Waals surface area contributed by atoms with E-state index in [2.05, 4.69) is 41.5 Å². The van der Waals surface area contributed by atoms with Crippen molar-refractivity contribution in [1.82, 2.24) is 50.3 Å². The van der Waals surface area contributed by atoms with Crippen LogP contribution in [0.2, 0.25) is 0 Å². The Labute approximate surface area is 598 Å². The number of H-pyrrole nitrogens is 1. The summed E-state index contributed by atoms with van der Waals surface area (Å²) >= 11 is 6.69. The fourth-order valence-corrected chi connectivity index (χ4v) is 11.5. The minimum atomic E-state index is -1.08. The number of methoxy groups -OCH3 is 1. The number of alkyl halides is 1. The number of carbonyl (C=O) groups excluding carboxylic acids is 10. The number of aryl methyl sites for hydroxylation is 1. The third-order valence-electron chi connectivity index (χ3n) is 16.6. The van der Waals surface area contributed by atoms with Gasteiger partial charge in [0.1, 0.15) is 30.3 Å². The van der Waals surface area contributed by atoms with Gasteiger partial charge in [-0.2, -0.15) is 0 Å². The van der Waals surface area contributed by atoms with Crippen LogP contribution in [0.15, 0.2) is 85.2 Å². The van der Waals surface area contributed by atoms with Gasteiger partial charge in [0.2, 0.25) is 5.91 Å². The molecular weight excluding hydrogens is 1360 g/mol. The number of aromatic amines is 1. The normalized spacial score (nSPS) is 13.8. The number of fused-ring (bicyclic) bond motifs is 4. The lowest BCUT2D eigenvalue weighted by Crippen LogP contribution is -2.46. The van der Waals surface area contributed by atoms with Crippen LogP contribution in [0.5, 0.6) is 5.75 Å². The smallest absolute Gasteiger partial charge is 0.415 e. The number of ether oxygens (including phenoxy) is 8. The molecule has 0 unspecified atom stereocenters. The predicted octanol–water partition coefficient (Wildman–Crippen LogP) is 5.26. The fourth-order valence-electron chi connectivity index (χ4n) is 11.2. The van der Waals surface area contributed by atoms with Crippen LogP contribution in [0.3, 0.4) is 0 Å². The van der Waals surface area contributed by atoms with E-state index < -0.39 is 77.5 Å². The largest absolute Gasteiger partial charge is 0.448 e. The van der Waals surface area contributed by atoms with Crippen molar-refractivity contribution in [3.05, 3.63) is 113 Å². The highest BCUT2D eigenvalue weighted by atomic mass is 35.5. The number of carbonyl (C=O) groups is 10. The van der Waals surface area contributed by atoms with Crippen LogP contribution in [-0.2, 0) is 65.5 Å². The lowest BCUT2D eigenvalue weighted by atomic mass is 9.89. The number of aromatic nitrogens is 5. The molecule has 3 atom stereocenters. The first-order valence-electron chi connectivity index (χ1n) is 33.5. The molecule has 10 amide bonds. The zero-order chi connectivity index (χ0) is 74.0. The molecule has 554 valence electrons. The maximum atomic E-state index is 14.8. The summed E-state index contributed by atoms with van der Waals surface area (Å²) in [6, 6.07) is 15.0. The second-order valence-electron chi connectivity index (χ2n) is 24.4. The van der Waals surface area contributed by atoms with Gasteiger partial charge in [-0.05, 0) is 72.0 Å². The first-order valence-corrected chi connectivity index (χ1v) is 34.0. The molecule has 103 heavy (non-hydrogen) atoms. The van der Waals surface area contributed by atoms with E-state index in [0.717, 1.165) is 33.6 Å². The molecule has 0 spiro atoms. The van der Waals surface area contributed by atoms with Gasteiger partial charge in [-0.3, -0.25) is 33.7 Å². The van der Waals surface area contributed by atoms with Crippen LogP contribution >= 0.6 is 11.6 Å². The summed E-state index contributed by atoms with van der Waals surface area (Å²) in [5, 5.41) is 30.0. The Morgan fingerprint density at radius 3 is 2.23 bits per heavy atom. The van der Waals surface area contributed by atoms with Gasteiger partial charge < -0.3 is 89.7 Å². The molecule has 3 aromatic heterocycles. The maximum absolute atomic E-state index is 14.8. The number of Topliss-reactive ketones (excluding diaryl/α,β-unsaturated/α-hetero) is 1. The van der Waals surface area contributed by atoms with Crippen molar-refractivity contribution in [2.75, 3.05) is 148 Å². The summed E-state index contributed by atoms with van der Waals surface area (Å²) in [6.07, 6.45) is 2.74. The molecule has 33 nitrogen and oxygen atoms in total. The Morgan fingerprint density at radius 1 is 0.816 bits per heavy atom. The van der Waals surface area contributed by atoms with Crippen molar-refractivity contribution < 1.29 is 90.9 Å². The topological polar surface area (TPSA) is 411 Å². The van der Waals surface area contributed by atoms with E-state index in [4.69, 9.17) is 55.2 Å². The molecule has 0 saturated carbocycles. The number of pyridine rings is 1. The highest BCUT2D eigenvalue weighted by Crippen LogP contribution is 2.47. The summed E-state index contributed by atoms with van der Waals surface area (Å²) < 4.78 is 45.5. The number of halogens is 1. The van der Waals surface area contributed by atoms with Crippen LogP contribution in [0.1, 0.15) is 76.7 Å². The minimum Gasteiger partial charge on any atom is -0.448 e. The SMILES string of the molecule is COCCOCCOCCOCCn1cc(C(=O)Nc2cnc3[nH]c(C(=O)N4C[C@@H](CCl)c5c4cc(OC(=O)N(CCOCCO)CCN(C)C(=O)OCc4ccc(NC(=O)[C@H](CCCNC(N)=O)CC(=O)[C@@H](NC(=O)OCCN6C(=O)C=CC6=O)C(C)C)cc4)c4cccc(C)c54)cc3c2)nn1. The number of aliphatic hydroxyl groups excluding tert-OH is 1. The van der Waals surface area contributed by atoms with Crippen LogP contribution in [0.25, 0.3) is 21.8 Å². The minimum absolute atomic E-state index is 0.000146. The average molecular weight is 1450 g/mol. The number of nitrogens with zero attached hydrogens (tertiary/aromatic N) is 8. The van der Waals surface area contributed by atoms with Gasteiger partial charge in [0.05, 0.1) is 109 Å². The summed E-state index contributed by atoms with van der Waals surface area (Å²) in [5.41, 5.74) is 9.16. The monoisotopic (exact) mass is 1450 g/mol. The van der Waals surface area contributed by atoms with Gasteiger partial charge >= 0.3 is 24.3 Å². The quantitative estimate of drug-likeness (QED) is 0.0146. The number of alkyl carbamates (subject to hydrolysis) is 1. The molecule has 3 aromatic carbocycles. The third-order valence-corrected chi connectivity index (χ3v) is 17.0. The van der Waals surface area contributed by atoms with E-state index >= 15 is 0 Å². The zero-order valence-corrected chi connectivity index (χ0v) is 58.7. The number of primary amides is 1. The number of nitrogens with two attached hydrogens (primary N) is 1. The number of nitrogens with one attached hydrogen (secondary N) is 5. The standard InChI is InChI=1S/C69H87ClN14O19/c1-43(2)61(77-67(93)101-26-22-83-57(87)15-16-58(83)88)55(86)36-46(9-7-17-72-66(71)92)63(89)74-49-13-11-45(12-14-49)42-102-68(94)80(4)18-19-81(20-24-97-27-23-85)69(95)103-56-37-54-60(59-44(3)8-6-10-51(56)59)48(38-70)40-84(54)65(91)52-35-47-34-50(39-73-62(47)76-52)75-64(90)53-41-82(79-78-53)21-25-98-30-31-100-33-32-99-29-28-96-5/h6,8,10-16,34-35,37,39,41,43,46,48,61,85H,7,9,17-33,36,38,40,42H2,1-5H3,(H,73,76)(H,74,89)(H,75,90)(H,77,93)(H3,71,72,92)/t46-,48-,61+/m1/s1. The van der Waals surface area contributed by atoms with E-state index in [1.54, 1.807) is 68.3 Å². The number of benzene rings is 3. The van der Waals surface area contributed by atoms with Crippen molar-refractivity contribution >= 4 is 110 Å². The number of aliphatic hydroxyl groups is 1. The number of hydrogen-bond acceptors (Lipinski definition) is 22. The van der Waals surface area contributed by atoms with Gasteiger partial charge in [-0.1, -0.05) is 49.4 Å². The number of urea groups is 1. The zero-order valence-electron chi connectivity index (χ0n) is 58.0. The average Bonchev–Trinajstić information content (AvgIpc) is 1.62. The molecule has 0 fully saturated rings. The van der Waals surface area contributed by atoms with Crippen LogP contribution in [0, 0.1) is 18.8 Å². The van der Waals surface area contributed by atoms with Gasteiger partial charge in [-0.25, -0.2) is 28.8 Å². The van der Waals surface area contributed by atoms with E-state index in [0.29, 0.717) is 91.8 Å². The molecule has 8 N–H and O–H groups in total. The van der Waals surface area contributed by atoms with Gasteiger partial charge in [0.25, 0.3) is 23.6 Å². The number of likely N-dealkylation sites (N-methyl/N-ethyl adjacent to an activating group) is 1. The lowest BCUT2D eigenvalue weighted by molar-refractivity contribution is -0.137. The van der Waals surface area contributed by atoms with E-state index in [9.17, 15) is 53.1 Å². The molecular formula is C69H87ClN14O19. The van der Waals surface area contributed by atoms with Gasteiger partial charge in [0, 0.05) is 106 Å². The first kappa shape index (κ1) is 78.6. The lowest BCUT2D eigenvalue weighted by Gasteiger charge is -2.26. The van der Waals surface area contributed by atoms with Crippen molar-refractivity contribution in [3.8, 4) is 5.75 Å². The molecule has 6 aromatic rings. The summed E-state index contributed by atoms with van der Waals surface area (Å²) in [5.74, 6) is -4.46. The number of ketones is 1. The number of imide groups is 1. The Balaban J connectivity index is 0.862. The fraction of sp³-hybridized carbons (Fsp3) is 0.464. The Hall–Kier alpha value is -10.2. The highest BCUT2D eigenvalue weighted by Gasteiger charge is 2.37. The van der Waals surface area contributed by atoms with E-state index in [-0.39, 0.29) is 121 Å². The number of amides is 10. The number of rotatable bonds is 41. The molecule has 0 bridgehead atoms. The third kappa shape index (κ3) is 22.7. The number of hydrogen-bond donors (Lipinski definition) is 7. The summed E-state index contributed by atoms with van der Waals surface area (Å²) in [6.45, 7) is 7.82. The summed E-state index contributed by atoms with van der Waals surface area (Å²) in [7, 11) is 3.09. The highest BCUT2D eigenvalue weighted by molar-refractivity contribution is 6.19. The number of anilines is 3. The van der Waals surface area contributed by atoms with Gasteiger partial charge in [-0.15, -0.1) is 16.7 Å². The van der Waals surface area contributed by atoms with E-state index in [1.165, 1.54) is 33.9 Å². The first-order chi connectivity index (χ1) is 49.7. The molecule has 5 heterocycles. The van der Waals surface area contributed by atoms with Crippen LogP contribution in [-0.4, -0.2) is 242 Å². The maximum Gasteiger partial charge on any atom is 0.415 e. The summed E-state index contributed by atoms with van der Waals surface area (Å²) in [4.78, 5) is 144. The molecule has 0 radical (unpaired) electrons. The Kier molecular flexibility index (Phi) is 30.0. The molecule has 2 aliphatic heterocycles. The molecule has 0 saturated heterocycles. The molecule has 0 aliphatic carbocycles. The predicted molar refractivity (Wildman–Crippen MR) is 375 cm³/mol. The molecule has 8 rings (SSSR count). The molecule has 2 aliphatic rings. The van der Waals surface area contributed by atoms with E-state index in [1.807, 2.05) is 25.1 Å². The van der Waals surface area contributed by atoms with Crippen molar-refractivity contribution in [3.63, 3.8) is 0 Å². The Morgan fingerprint density at radius 2 is 1.53 bits per heavy atom. The van der Waals surface area contributed by atoms with Crippen molar-refractivity contribution in [2.45, 2.75) is 65.1 Å². The van der Waals surface area contributed by atoms with Crippen molar-refractivity contribution in [1.29, 1.82) is 0 Å².